The fourth-order valence-electron chi connectivity index (χ4n) is 1.47. The number of phenolic OH excluding ortho intramolecular Hbond substituents is 1. The maximum absolute atomic E-state index is 9.90. The summed E-state index contributed by atoms with van der Waals surface area (Å²) in [5.41, 5.74) is 5.48. The summed E-state index contributed by atoms with van der Waals surface area (Å²) in [6.45, 7) is 4.34. The zero-order chi connectivity index (χ0) is 11.4. The summed E-state index contributed by atoms with van der Waals surface area (Å²) in [7, 11) is 3.09. The van der Waals surface area contributed by atoms with Crippen molar-refractivity contribution in [2.75, 3.05) is 14.2 Å². The summed E-state index contributed by atoms with van der Waals surface area (Å²) in [5.74, 6) is 0.702. The Balaban J connectivity index is 3.12. The number of hydrogen-bond donors (Lipinski definition) is 2. The molecular formula is C11H17NO3. The van der Waals surface area contributed by atoms with Gasteiger partial charge in [-0.2, -0.15) is 5.48 Å². The fraction of sp³-hybridized carbons (Fsp3) is 0.455. The first-order valence-corrected chi connectivity index (χ1v) is 4.73. The summed E-state index contributed by atoms with van der Waals surface area (Å²) in [6.07, 6.45) is 0. The molecule has 0 aliphatic rings. The van der Waals surface area contributed by atoms with Crippen molar-refractivity contribution in [3.05, 3.63) is 22.8 Å². The molecule has 0 aromatic heterocycles. The van der Waals surface area contributed by atoms with E-state index in [1.165, 1.54) is 7.11 Å². The normalized spacial score (nSPS) is 10.4. The molecule has 0 heterocycles. The summed E-state index contributed by atoms with van der Waals surface area (Å²) >= 11 is 0. The topological polar surface area (TPSA) is 50.7 Å². The Morgan fingerprint density at radius 1 is 1.33 bits per heavy atom. The fourth-order valence-corrected chi connectivity index (χ4v) is 1.47. The summed E-state index contributed by atoms with van der Waals surface area (Å²) < 4.78 is 5.16. The summed E-state index contributed by atoms with van der Waals surface area (Å²) in [6, 6.07) is 1.92. The van der Waals surface area contributed by atoms with Gasteiger partial charge in [0.05, 0.1) is 14.2 Å². The Morgan fingerprint density at radius 3 is 2.53 bits per heavy atom. The number of aryl methyl sites for hydroxylation is 1. The highest BCUT2D eigenvalue weighted by molar-refractivity contribution is 5.53. The van der Waals surface area contributed by atoms with Crippen molar-refractivity contribution >= 4 is 0 Å². The molecule has 1 aromatic carbocycles. The quantitative estimate of drug-likeness (QED) is 0.744. The number of hydroxylamine groups is 1. The Hall–Kier alpha value is -1.26. The Kier molecular flexibility index (Phi) is 3.94. The van der Waals surface area contributed by atoms with Crippen LogP contribution in [0, 0.1) is 13.8 Å². The lowest BCUT2D eigenvalue weighted by Gasteiger charge is -2.14. The molecule has 0 fully saturated rings. The van der Waals surface area contributed by atoms with Crippen molar-refractivity contribution in [1.82, 2.24) is 5.48 Å². The van der Waals surface area contributed by atoms with Crippen LogP contribution in [-0.2, 0) is 11.4 Å². The monoisotopic (exact) mass is 211 g/mol. The predicted octanol–water partition coefficient (Wildman–Crippen LogP) is 1.67. The molecule has 0 amide bonds. The SMILES string of the molecule is CONCc1cc(C)c(C)c(OC)c1O. The van der Waals surface area contributed by atoms with E-state index in [2.05, 4.69) is 5.48 Å². The average molecular weight is 211 g/mol. The van der Waals surface area contributed by atoms with Crippen LogP contribution in [0.3, 0.4) is 0 Å². The van der Waals surface area contributed by atoms with Gasteiger partial charge in [0, 0.05) is 12.1 Å². The molecule has 0 unspecified atom stereocenters. The van der Waals surface area contributed by atoms with Crippen LogP contribution < -0.4 is 10.2 Å². The predicted molar refractivity (Wildman–Crippen MR) is 58.0 cm³/mol. The lowest BCUT2D eigenvalue weighted by Crippen LogP contribution is -2.11. The van der Waals surface area contributed by atoms with Gasteiger partial charge in [-0.25, -0.2) is 0 Å². The first-order chi connectivity index (χ1) is 7.11. The first kappa shape index (κ1) is 11.8. The number of benzene rings is 1. The number of aromatic hydroxyl groups is 1. The van der Waals surface area contributed by atoms with E-state index in [0.29, 0.717) is 12.3 Å². The van der Waals surface area contributed by atoms with E-state index >= 15 is 0 Å². The molecule has 1 rings (SSSR count). The van der Waals surface area contributed by atoms with Crippen LogP contribution in [-0.4, -0.2) is 19.3 Å². The third-order valence-corrected chi connectivity index (χ3v) is 2.45. The van der Waals surface area contributed by atoms with Crippen LogP contribution in [0.1, 0.15) is 16.7 Å². The van der Waals surface area contributed by atoms with Crippen molar-refractivity contribution in [2.24, 2.45) is 0 Å². The van der Waals surface area contributed by atoms with Crippen LogP contribution in [0.25, 0.3) is 0 Å². The molecule has 15 heavy (non-hydrogen) atoms. The van der Waals surface area contributed by atoms with Gasteiger partial charge in [-0.1, -0.05) is 6.07 Å². The molecule has 0 radical (unpaired) electrons. The van der Waals surface area contributed by atoms with E-state index in [0.717, 1.165) is 16.7 Å². The third-order valence-electron chi connectivity index (χ3n) is 2.45. The van der Waals surface area contributed by atoms with Crippen molar-refractivity contribution in [2.45, 2.75) is 20.4 Å². The van der Waals surface area contributed by atoms with Gasteiger partial charge in [0.25, 0.3) is 0 Å². The van der Waals surface area contributed by atoms with E-state index in [9.17, 15) is 5.11 Å². The second-order valence-electron chi connectivity index (χ2n) is 3.38. The molecule has 1 aromatic rings. The highest BCUT2D eigenvalue weighted by Crippen LogP contribution is 2.35. The van der Waals surface area contributed by atoms with E-state index in [1.807, 2.05) is 19.9 Å². The molecule has 0 atom stereocenters. The molecule has 2 N–H and O–H groups in total. The molecule has 0 aliphatic carbocycles. The molecule has 4 heteroatoms. The van der Waals surface area contributed by atoms with E-state index in [4.69, 9.17) is 9.57 Å². The number of rotatable bonds is 4. The van der Waals surface area contributed by atoms with Crippen LogP contribution >= 0.6 is 0 Å². The number of nitrogens with one attached hydrogen (secondary N) is 1. The molecule has 4 nitrogen and oxygen atoms in total. The second-order valence-corrected chi connectivity index (χ2v) is 3.38. The molecule has 0 bridgehead atoms. The van der Waals surface area contributed by atoms with Gasteiger partial charge in [0.1, 0.15) is 0 Å². The summed E-state index contributed by atoms with van der Waals surface area (Å²) in [5, 5.41) is 9.90. The van der Waals surface area contributed by atoms with Crippen molar-refractivity contribution in [3.8, 4) is 11.5 Å². The maximum Gasteiger partial charge on any atom is 0.163 e. The van der Waals surface area contributed by atoms with Gasteiger partial charge >= 0.3 is 0 Å². The van der Waals surface area contributed by atoms with Crippen molar-refractivity contribution < 1.29 is 14.7 Å². The minimum Gasteiger partial charge on any atom is -0.504 e. The lowest BCUT2D eigenvalue weighted by molar-refractivity contribution is 0.0860. The zero-order valence-electron chi connectivity index (χ0n) is 9.55. The molecule has 0 spiro atoms. The zero-order valence-corrected chi connectivity index (χ0v) is 9.55. The highest BCUT2D eigenvalue weighted by Gasteiger charge is 2.13. The van der Waals surface area contributed by atoms with Crippen LogP contribution in [0.4, 0.5) is 0 Å². The second kappa shape index (κ2) is 5.00. The number of hydrogen-bond acceptors (Lipinski definition) is 4. The van der Waals surface area contributed by atoms with Gasteiger partial charge in [-0.15, -0.1) is 0 Å². The van der Waals surface area contributed by atoms with Crippen molar-refractivity contribution in [3.63, 3.8) is 0 Å². The number of ether oxygens (including phenoxy) is 1. The minimum atomic E-state index is 0.171. The van der Waals surface area contributed by atoms with Gasteiger partial charge in [-0.3, -0.25) is 0 Å². The average Bonchev–Trinajstić information content (AvgIpc) is 2.22. The van der Waals surface area contributed by atoms with E-state index in [1.54, 1.807) is 7.11 Å². The number of phenols is 1. The van der Waals surface area contributed by atoms with E-state index < -0.39 is 0 Å². The molecular weight excluding hydrogens is 194 g/mol. The third kappa shape index (κ3) is 2.40. The van der Waals surface area contributed by atoms with Gasteiger partial charge in [0.2, 0.25) is 0 Å². The molecule has 0 saturated heterocycles. The Bertz CT molecular complexity index is 350. The minimum absolute atomic E-state index is 0.171. The van der Waals surface area contributed by atoms with Crippen LogP contribution in [0.15, 0.2) is 6.07 Å². The number of methoxy groups -OCH3 is 1. The molecule has 0 saturated carbocycles. The van der Waals surface area contributed by atoms with Crippen LogP contribution in [0.5, 0.6) is 11.5 Å². The van der Waals surface area contributed by atoms with Gasteiger partial charge < -0.3 is 14.7 Å². The largest absolute Gasteiger partial charge is 0.504 e. The Morgan fingerprint density at radius 2 is 2.00 bits per heavy atom. The highest BCUT2D eigenvalue weighted by atomic mass is 16.6. The summed E-state index contributed by atoms with van der Waals surface area (Å²) in [4.78, 5) is 4.74. The lowest BCUT2D eigenvalue weighted by atomic mass is 10.0. The van der Waals surface area contributed by atoms with E-state index in [-0.39, 0.29) is 5.75 Å². The first-order valence-electron chi connectivity index (χ1n) is 4.73. The maximum atomic E-state index is 9.90. The standard InChI is InChI=1S/C11H17NO3/c1-7-5-9(6-12-15-4)10(13)11(14-3)8(7)2/h5,12-13H,6H2,1-4H3. The molecule has 84 valence electrons. The van der Waals surface area contributed by atoms with Crippen LogP contribution in [0.2, 0.25) is 0 Å². The molecule has 0 aliphatic heterocycles. The van der Waals surface area contributed by atoms with Gasteiger partial charge in [0.15, 0.2) is 11.5 Å². The van der Waals surface area contributed by atoms with Crippen molar-refractivity contribution in [1.29, 1.82) is 0 Å². The smallest absolute Gasteiger partial charge is 0.163 e. The Labute approximate surface area is 89.8 Å². The van der Waals surface area contributed by atoms with Gasteiger partial charge in [-0.05, 0) is 25.0 Å².